The number of amides is 1. The Labute approximate surface area is 183 Å². The van der Waals surface area contributed by atoms with E-state index in [4.69, 9.17) is 14.2 Å². The number of benzene rings is 2. The van der Waals surface area contributed by atoms with Crippen LogP contribution in [0.4, 0.5) is 0 Å². The van der Waals surface area contributed by atoms with Crippen molar-refractivity contribution in [1.82, 2.24) is 9.62 Å². The van der Waals surface area contributed by atoms with Gasteiger partial charge in [0, 0.05) is 13.1 Å². The van der Waals surface area contributed by atoms with Gasteiger partial charge in [-0.2, -0.15) is 4.31 Å². The highest BCUT2D eigenvalue weighted by Crippen LogP contribution is 2.25. The summed E-state index contributed by atoms with van der Waals surface area (Å²) in [6.07, 6.45) is 1.29. The summed E-state index contributed by atoms with van der Waals surface area (Å²) in [4.78, 5) is 12.8. The maximum atomic E-state index is 12.9. The van der Waals surface area contributed by atoms with Crippen molar-refractivity contribution in [2.75, 3.05) is 40.5 Å². The third kappa shape index (κ3) is 5.89. The van der Waals surface area contributed by atoms with Gasteiger partial charge in [-0.1, -0.05) is 0 Å². The molecular formula is C22H28N2O6S. The SMILES string of the molecule is COc1ccc(OCCNC(=O)C2CCCN(S(=O)(=O)c3ccc(OC)cc3)C2)cc1. The van der Waals surface area contributed by atoms with E-state index in [1.54, 1.807) is 43.5 Å². The summed E-state index contributed by atoms with van der Waals surface area (Å²) in [6, 6.07) is 13.5. The molecule has 2 aromatic rings. The molecule has 1 aliphatic rings. The minimum Gasteiger partial charge on any atom is -0.497 e. The van der Waals surface area contributed by atoms with Crippen LogP contribution in [0, 0.1) is 5.92 Å². The minimum absolute atomic E-state index is 0.159. The Balaban J connectivity index is 1.50. The zero-order valence-electron chi connectivity index (χ0n) is 17.7. The molecule has 0 spiro atoms. The van der Waals surface area contributed by atoms with Gasteiger partial charge in [0.1, 0.15) is 23.9 Å². The molecule has 8 nitrogen and oxygen atoms in total. The van der Waals surface area contributed by atoms with E-state index in [1.807, 2.05) is 0 Å². The first kappa shape index (κ1) is 22.9. The van der Waals surface area contributed by atoms with Gasteiger partial charge in [0.25, 0.3) is 0 Å². The number of rotatable bonds is 9. The molecule has 1 atom stereocenters. The summed E-state index contributed by atoms with van der Waals surface area (Å²) < 4.78 is 43.1. The molecular weight excluding hydrogens is 420 g/mol. The summed E-state index contributed by atoms with van der Waals surface area (Å²) in [5.41, 5.74) is 0. The van der Waals surface area contributed by atoms with Crippen LogP contribution in [0.3, 0.4) is 0 Å². The fourth-order valence-electron chi connectivity index (χ4n) is 3.43. The monoisotopic (exact) mass is 448 g/mol. The second-order valence-corrected chi connectivity index (χ2v) is 9.13. The number of carbonyl (C=O) groups is 1. The summed E-state index contributed by atoms with van der Waals surface area (Å²) in [5, 5.41) is 2.85. The molecule has 31 heavy (non-hydrogen) atoms. The molecule has 0 radical (unpaired) electrons. The van der Waals surface area contributed by atoms with E-state index in [9.17, 15) is 13.2 Å². The molecule has 0 aliphatic carbocycles. The van der Waals surface area contributed by atoms with E-state index in [0.29, 0.717) is 44.0 Å². The van der Waals surface area contributed by atoms with Gasteiger partial charge in [-0.25, -0.2) is 8.42 Å². The zero-order valence-corrected chi connectivity index (χ0v) is 18.6. The van der Waals surface area contributed by atoms with Crippen molar-refractivity contribution in [2.24, 2.45) is 5.92 Å². The molecule has 9 heteroatoms. The molecule has 3 rings (SSSR count). The quantitative estimate of drug-likeness (QED) is 0.592. The number of nitrogens with zero attached hydrogens (tertiary/aromatic N) is 1. The van der Waals surface area contributed by atoms with Crippen molar-refractivity contribution < 1.29 is 27.4 Å². The average molecular weight is 449 g/mol. The highest BCUT2D eigenvalue weighted by Gasteiger charge is 2.33. The summed E-state index contributed by atoms with van der Waals surface area (Å²) in [5.74, 6) is 1.47. The smallest absolute Gasteiger partial charge is 0.243 e. The largest absolute Gasteiger partial charge is 0.497 e. The van der Waals surface area contributed by atoms with E-state index in [0.717, 1.165) is 5.75 Å². The number of sulfonamides is 1. The van der Waals surface area contributed by atoms with Crippen molar-refractivity contribution in [2.45, 2.75) is 17.7 Å². The van der Waals surface area contributed by atoms with Crippen LogP contribution in [0.5, 0.6) is 17.2 Å². The topological polar surface area (TPSA) is 94.2 Å². The maximum Gasteiger partial charge on any atom is 0.243 e. The molecule has 0 saturated carbocycles. The number of ether oxygens (including phenoxy) is 3. The van der Waals surface area contributed by atoms with E-state index >= 15 is 0 Å². The van der Waals surface area contributed by atoms with Crippen molar-refractivity contribution in [3.63, 3.8) is 0 Å². The van der Waals surface area contributed by atoms with Crippen molar-refractivity contribution in [3.05, 3.63) is 48.5 Å². The zero-order chi connectivity index (χ0) is 22.3. The van der Waals surface area contributed by atoms with Crippen molar-refractivity contribution >= 4 is 15.9 Å². The van der Waals surface area contributed by atoms with Gasteiger partial charge in [-0.15, -0.1) is 0 Å². The standard InChI is InChI=1S/C22H28N2O6S/c1-28-18-5-7-20(8-6-18)30-15-13-23-22(25)17-4-3-14-24(16-17)31(26,27)21-11-9-19(29-2)10-12-21/h5-12,17H,3-4,13-16H2,1-2H3,(H,23,25). The Morgan fingerprint density at radius 1 is 1.00 bits per heavy atom. The van der Waals surface area contributed by atoms with E-state index < -0.39 is 10.0 Å². The summed E-state index contributed by atoms with van der Waals surface area (Å²) in [7, 11) is -0.533. The van der Waals surface area contributed by atoms with Crippen LogP contribution in [0.25, 0.3) is 0 Å². The number of piperidine rings is 1. The van der Waals surface area contributed by atoms with Crippen LogP contribution in [0.1, 0.15) is 12.8 Å². The number of hydrogen-bond acceptors (Lipinski definition) is 6. The number of carbonyl (C=O) groups excluding carboxylic acids is 1. The lowest BCUT2D eigenvalue weighted by Crippen LogP contribution is -2.45. The molecule has 0 aromatic heterocycles. The van der Waals surface area contributed by atoms with Gasteiger partial charge in [0.05, 0.1) is 31.6 Å². The summed E-state index contributed by atoms with van der Waals surface area (Å²) in [6.45, 7) is 1.23. The molecule has 1 unspecified atom stereocenters. The van der Waals surface area contributed by atoms with Gasteiger partial charge >= 0.3 is 0 Å². The third-order valence-corrected chi connectivity index (χ3v) is 7.06. The Morgan fingerprint density at radius 2 is 1.58 bits per heavy atom. The number of nitrogens with one attached hydrogen (secondary N) is 1. The van der Waals surface area contributed by atoms with E-state index in [-0.39, 0.29) is 23.3 Å². The maximum absolute atomic E-state index is 12.9. The predicted molar refractivity (Wildman–Crippen MR) is 116 cm³/mol. The highest BCUT2D eigenvalue weighted by atomic mass is 32.2. The van der Waals surface area contributed by atoms with Crippen LogP contribution in [0.15, 0.2) is 53.4 Å². The molecule has 1 aliphatic heterocycles. The van der Waals surface area contributed by atoms with Gasteiger partial charge in [-0.3, -0.25) is 4.79 Å². The first-order valence-corrected chi connectivity index (χ1v) is 11.6. The minimum atomic E-state index is -3.66. The Morgan fingerprint density at radius 3 is 2.19 bits per heavy atom. The fraction of sp³-hybridized carbons (Fsp3) is 0.409. The second kappa shape index (κ2) is 10.5. The van der Waals surface area contributed by atoms with Gasteiger partial charge in [0.2, 0.25) is 15.9 Å². The predicted octanol–water partition coefficient (Wildman–Crippen LogP) is 2.30. The van der Waals surface area contributed by atoms with Crippen LogP contribution < -0.4 is 19.5 Å². The molecule has 0 bridgehead atoms. The van der Waals surface area contributed by atoms with Gasteiger partial charge in [0.15, 0.2) is 0 Å². The molecule has 1 heterocycles. The van der Waals surface area contributed by atoms with Crippen LogP contribution >= 0.6 is 0 Å². The van der Waals surface area contributed by atoms with Crippen molar-refractivity contribution in [1.29, 1.82) is 0 Å². The Kier molecular flexibility index (Phi) is 7.75. The van der Waals surface area contributed by atoms with Crippen molar-refractivity contribution in [3.8, 4) is 17.2 Å². The fourth-order valence-corrected chi connectivity index (χ4v) is 4.95. The third-order valence-electron chi connectivity index (χ3n) is 5.18. The van der Waals surface area contributed by atoms with E-state index in [2.05, 4.69) is 5.32 Å². The molecule has 1 amide bonds. The number of methoxy groups -OCH3 is 2. The second-order valence-electron chi connectivity index (χ2n) is 7.19. The average Bonchev–Trinajstić information content (AvgIpc) is 2.82. The molecule has 1 N–H and O–H groups in total. The number of hydrogen-bond donors (Lipinski definition) is 1. The lowest BCUT2D eigenvalue weighted by Gasteiger charge is -2.31. The Bertz CT molecular complexity index is 961. The van der Waals surface area contributed by atoms with Crippen LogP contribution in [-0.4, -0.2) is 59.1 Å². The normalized spacial score (nSPS) is 17.0. The van der Waals surface area contributed by atoms with Gasteiger partial charge < -0.3 is 19.5 Å². The highest BCUT2D eigenvalue weighted by molar-refractivity contribution is 7.89. The molecule has 1 fully saturated rings. The molecule has 1 saturated heterocycles. The lowest BCUT2D eigenvalue weighted by molar-refractivity contribution is -0.126. The van der Waals surface area contributed by atoms with Gasteiger partial charge in [-0.05, 0) is 61.4 Å². The lowest BCUT2D eigenvalue weighted by atomic mass is 9.99. The Hall–Kier alpha value is -2.78. The van der Waals surface area contributed by atoms with E-state index in [1.165, 1.54) is 23.5 Å². The first-order valence-electron chi connectivity index (χ1n) is 10.1. The summed E-state index contributed by atoms with van der Waals surface area (Å²) >= 11 is 0. The molecule has 2 aromatic carbocycles. The first-order chi connectivity index (χ1) is 14.9. The molecule has 168 valence electrons. The van der Waals surface area contributed by atoms with Crippen LogP contribution in [-0.2, 0) is 14.8 Å². The van der Waals surface area contributed by atoms with Crippen LogP contribution in [0.2, 0.25) is 0 Å².